The summed E-state index contributed by atoms with van der Waals surface area (Å²) in [6.07, 6.45) is 7.02. The Kier molecular flexibility index (Phi) is 5.23. The van der Waals surface area contributed by atoms with E-state index in [9.17, 15) is 0 Å². The van der Waals surface area contributed by atoms with E-state index in [-0.39, 0.29) is 5.92 Å². The molecule has 0 bridgehead atoms. The summed E-state index contributed by atoms with van der Waals surface area (Å²) in [5.41, 5.74) is 1.40. The molecule has 0 saturated heterocycles. The van der Waals surface area contributed by atoms with E-state index >= 15 is 0 Å². The summed E-state index contributed by atoms with van der Waals surface area (Å²) in [5.74, 6) is 0.232. The van der Waals surface area contributed by atoms with Crippen molar-refractivity contribution in [3.63, 3.8) is 0 Å². The first kappa shape index (κ1) is 13.1. The third-order valence-electron chi connectivity index (χ3n) is 3.82. The number of nitriles is 1. The Balaban J connectivity index is 1.67. The van der Waals surface area contributed by atoms with Crippen LogP contribution in [0.1, 0.15) is 37.7 Å². The van der Waals surface area contributed by atoms with E-state index in [0.717, 1.165) is 25.8 Å². The second-order valence-corrected chi connectivity index (χ2v) is 5.17. The fourth-order valence-corrected chi connectivity index (χ4v) is 2.75. The summed E-state index contributed by atoms with van der Waals surface area (Å²) >= 11 is 0. The third-order valence-corrected chi connectivity index (χ3v) is 3.82. The zero-order chi connectivity index (χ0) is 12.6. The first-order valence-electron chi connectivity index (χ1n) is 7.07. The molecule has 2 rings (SSSR count). The van der Waals surface area contributed by atoms with Gasteiger partial charge in [-0.1, -0.05) is 43.2 Å². The Bertz CT molecular complexity index is 380. The SMILES string of the molecule is N#CC1CCCCC1NCCCc1ccccc1. The van der Waals surface area contributed by atoms with E-state index in [2.05, 4.69) is 41.7 Å². The number of nitrogens with one attached hydrogen (secondary N) is 1. The molecule has 0 aliphatic heterocycles. The van der Waals surface area contributed by atoms with Crippen molar-refractivity contribution < 1.29 is 0 Å². The first-order valence-corrected chi connectivity index (χ1v) is 7.07. The molecular weight excluding hydrogens is 220 g/mol. The van der Waals surface area contributed by atoms with Crippen LogP contribution in [0.5, 0.6) is 0 Å². The van der Waals surface area contributed by atoms with Crippen LogP contribution in [-0.2, 0) is 6.42 Å². The highest BCUT2D eigenvalue weighted by atomic mass is 14.9. The van der Waals surface area contributed by atoms with Crippen molar-refractivity contribution in [2.24, 2.45) is 5.92 Å². The van der Waals surface area contributed by atoms with Crippen LogP contribution >= 0.6 is 0 Å². The van der Waals surface area contributed by atoms with Gasteiger partial charge in [-0.3, -0.25) is 0 Å². The highest BCUT2D eigenvalue weighted by Gasteiger charge is 2.23. The second-order valence-electron chi connectivity index (χ2n) is 5.17. The predicted octanol–water partition coefficient (Wildman–Crippen LogP) is 3.29. The van der Waals surface area contributed by atoms with Gasteiger partial charge in [0.1, 0.15) is 0 Å². The van der Waals surface area contributed by atoms with E-state index in [4.69, 9.17) is 5.26 Å². The Hall–Kier alpha value is -1.33. The van der Waals surface area contributed by atoms with Gasteiger partial charge in [-0.15, -0.1) is 0 Å². The van der Waals surface area contributed by atoms with Gasteiger partial charge in [-0.2, -0.15) is 5.26 Å². The summed E-state index contributed by atoms with van der Waals surface area (Å²) < 4.78 is 0. The summed E-state index contributed by atoms with van der Waals surface area (Å²) in [5, 5.41) is 12.7. The number of nitrogens with zero attached hydrogens (tertiary/aromatic N) is 1. The fourth-order valence-electron chi connectivity index (χ4n) is 2.75. The lowest BCUT2D eigenvalue weighted by Crippen LogP contribution is -2.38. The van der Waals surface area contributed by atoms with Crippen LogP contribution in [0.2, 0.25) is 0 Å². The molecule has 2 unspecified atom stereocenters. The summed E-state index contributed by atoms with van der Waals surface area (Å²) in [7, 11) is 0. The zero-order valence-electron chi connectivity index (χ0n) is 10.9. The minimum atomic E-state index is 0.232. The predicted molar refractivity (Wildman–Crippen MR) is 74.1 cm³/mol. The van der Waals surface area contributed by atoms with E-state index < -0.39 is 0 Å². The maximum absolute atomic E-state index is 9.11. The van der Waals surface area contributed by atoms with Crippen LogP contribution in [0.15, 0.2) is 30.3 Å². The largest absolute Gasteiger partial charge is 0.313 e. The Morgan fingerprint density at radius 1 is 1.17 bits per heavy atom. The van der Waals surface area contributed by atoms with Gasteiger partial charge < -0.3 is 5.32 Å². The number of hydrogen-bond donors (Lipinski definition) is 1. The highest BCUT2D eigenvalue weighted by molar-refractivity contribution is 5.14. The lowest BCUT2D eigenvalue weighted by Gasteiger charge is -2.27. The molecule has 0 heterocycles. The first-order chi connectivity index (χ1) is 8.90. The molecule has 18 heavy (non-hydrogen) atoms. The third kappa shape index (κ3) is 3.85. The van der Waals surface area contributed by atoms with E-state index in [1.165, 1.54) is 24.8 Å². The maximum atomic E-state index is 9.11. The molecule has 1 aromatic rings. The summed E-state index contributed by atoms with van der Waals surface area (Å²) in [6.45, 7) is 1.03. The molecule has 2 nitrogen and oxygen atoms in total. The Morgan fingerprint density at radius 2 is 1.94 bits per heavy atom. The molecule has 2 heteroatoms. The Labute approximate surface area is 110 Å². The molecule has 1 saturated carbocycles. The number of hydrogen-bond acceptors (Lipinski definition) is 2. The maximum Gasteiger partial charge on any atom is 0.0672 e. The fraction of sp³-hybridized carbons (Fsp3) is 0.562. The molecule has 0 amide bonds. The summed E-state index contributed by atoms with van der Waals surface area (Å²) in [4.78, 5) is 0. The normalized spacial score (nSPS) is 23.5. The van der Waals surface area contributed by atoms with Crippen molar-refractivity contribution in [1.82, 2.24) is 5.32 Å². The van der Waals surface area contributed by atoms with Crippen LogP contribution in [0, 0.1) is 17.2 Å². The smallest absolute Gasteiger partial charge is 0.0672 e. The van der Waals surface area contributed by atoms with Crippen molar-refractivity contribution in [2.45, 2.75) is 44.6 Å². The number of rotatable bonds is 5. The van der Waals surface area contributed by atoms with Crippen LogP contribution in [0.3, 0.4) is 0 Å². The van der Waals surface area contributed by atoms with E-state index in [1.807, 2.05) is 0 Å². The van der Waals surface area contributed by atoms with Gasteiger partial charge in [0.15, 0.2) is 0 Å². The topological polar surface area (TPSA) is 35.8 Å². The van der Waals surface area contributed by atoms with Crippen molar-refractivity contribution in [2.75, 3.05) is 6.54 Å². The standard InChI is InChI=1S/C16H22N2/c17-13-15-10-4-5-11-16(15)18-12-6-9-14-7-2-1-3-8-14/h1-3,7-8,15-16,18H,4-6,9-12H2. The van der Waals surface area contributed by atoms with Crippen LogP contribution in [0.4, 0.5) is 0 Å². The van der Waals surface area contributed by atoms with Crippen LogP contribution in [-0.4, -0.2) is 12.6 Å². The number of aryl methyl sites for hydroxylation is 1. The monoisotopic (exact) mass is 242 g/mol. The molecule has 1 aliphatic carbocycles. The molecule has 1 N–H and O–H groups in total. The van der Waals surface area contributed by atoms with E-state index in [1.54, 1.807) is 0 Å². The van der Waals surface area contributed by atoms with Gasteiger partial charge in [-0.25, -0.2) is 0 Å². The zero-order valence-corrected chi connectivity index (χ0v) is 10.9. The van der Waals surface area contributed by atoms with Crippen molar-refractivity contribution >= 4 is 0 Å². The average molecular weight is 242 g/mol. The van der Waals surface area contributed by atoms with E-state index in [0.29, 0.717) is 6.04 Å². The average Bonchev–Trinajstić information content (AvgIpc) is 2.45. The lowest BCUT2D eigenvalue weighted by atomic mass is 9.85. The molecular formula is C16H22N2. The quantitative estimate of drug-likeness (QED) is 0.804. The van der Waals surface area contributed by atoms with Crippen molar-refractivity contribution in [3.8, 4) is 6.07 Å². The van der Waals surface area contributed by atoms with Gasteiger partial charge in [0.2, 0.25) is 0 Å². The number of benzene rings is 1. The van der Waals surface area contributed by atoms with Gasteiger partial charge in [0, 0.05) is 6.04 Å². The molecule has 0 aromatic heterocycles. The molecule has 2 atom stereocenters. The van der Waals surface area contributed by atoms with Gasteiger partial charge in [-0.05, 0) is 37.8 Å². The van der Waals surface area contributed by atoms with Gasteiger partial charge >= 0.3 is 0 Å². The van der Waals surface area contributed by atoms with Gasteiger partial charge in [0.25, 0.3) is 0 Å². The van der Waals surface area contributed by atoms with Crippen molar-refractivity contribution in [3.05, 3.63) is 35.9 Å². The lowest BCUT2D eigenvalue weighted by molar-refractivity contribution is 0.312. The molecule has 0 spiro atoms. The molecule has 0 radical (unpaired) electrons. The molecule has 1 fully saturated rings. The minimum absolute atomic E-state index is 0.232. The second kappa shape index (κ2) is 7.18. The molecule has 96 valence electrons. The van der Waals surface area contributed by atoms with Crippen LogP contribution in [0.25, 0.3) is 0 Å². The Morgan fingerprint density at radius 3 is 2.72 bits per heavy atom. The minimum Gasteiger partial charge on any atom is -0.313 e. The van der Waals surface area contributed by atoms with Gasteiger partial charge in [0.05, 0.1) is 12.0 Å². The van der Waals surface area contributed by atoms with Crippen LogP contribution < -0.4 is 5.32 Å². The summed E-state index contributed by atoms with van der Waals surface area (Å²) in [6, 6.07) is 13.5. The highest BCUT2D eigenvalue weighted by Crippen LogP contribution is 2.23. The van der Waals surface area contributed by atoms with Crippen molar-refractivity contribution in [1.29, 1.82) is 5.26 Å². The molecule has 1 aliphatic rings. The molecule has 1 aromatic carbocycles.